The first kappa shape index (κ1) is 13.1. The molecule has 1 rings (SSSR count). The summed E-state index contributed by atoms with van der Waals surface area (Å²) >= 11 is 0. The van der Waals surface area contributed by atoms with E-state index in [1.54, 1.807) is 13.2 Å². The molecular formula is C12H17F2NO. The van der Waals surface area contributed by atoms with Crippen LogP contribution in [0.5, 0.6) is 0 Å². The van der Waals surface area contributed by atoms with Crippen LogP contribution >= 0.6 is 0 Å². The van der Waals surface area contributed by atoms with Crippen LogP contribution in [0.2, 0.25) is 0 Å². The van der Waals surface area contributed by atoms with Crippen molar-refractivity contribution < 1.29 is 13.5 Å². The molecule has 0 radical (unpaired) electrons. The summed E-state index contributed by atoms with van der Waals surface area (Å²) in [5.74, 6) is -1.59. The van der Waals surface area contributed by atoms with Crippen LogP contribution in [0.1, 0.15) is 18.4 Å². The van der Waals surface area contributed by atoms with Gasteiger partial charge in [0.05, 0.1) is 0 Å². The van der Waals surface area contributed by atoms with Crippen LogP contribution in [-0.2, 0) is 11.3 Å². The van der Waals surface area contributed by atoms with Gasteiger partial charge < -0.3 is 10.1 Å². The number of rotatable bonds is 7. The van der Waals surface area contributed by atoms with Gasteiger partial charge in [0.2, 0.25) is 0 Å². The average molecular weight is 229 g/mol. The van der Waals surface area contributed by atoms with E-state index in [-0.39, 0.29) is 0 Å². The topological polar surface area (TPSA) is 21.3 Å². The lowest BCUT2D eigenvalue weighted by Gasteiger charge is -2.05. The van der Waals surface area contributed by atoms with Gasteiger partial charge in [-0.05, 0) is 37.1 Å². The third kappa shape index (κ3) is 4.68. The van der Waals surface area contributed by atoms with E-state index in [2.05, 4.69) is 5.32 Å². The maximum Gasteiger partial charge on any atom is 0.159 e. The van der Waals surface area contributed by atoms with E-state index in [9.17, 15) is 8.78 Å². The largest absolute Gasteiger partial charge is 0.385 e. The smallest absolute Gasteiger partial charge is 0.159 e. The Morgan fingerprint density at radius 1 is 1.19 bits per heavy atom. The van der Waals surface area contributed by atoms with E-state index in [0.29, 0.717) is 6.54 Å². The SMILES string of the molecule is COCCCCNCc1ccc(F)c(F)c1. The zero-order valence-corrected chi connectivity index (χ0v) is 9.43. The Labute approximate surface area is 94.6 Å². The predicted octanol–water partition coefficient (Wildman–Crippen LogP) is 2.48. The van der Waals surface area contributed by atoms with E-state index >= 15 is 0 Å². The lowest BCUT2D eigenvalue weighted by atomic mass is 10.2. The first-order valence-corrected chi connectivity index (χ1v) is 5.37. The molecule has 90 valence electrons. The van der Waals surface area contributed by atoms with Crippen molar-refractivity contribution in [1.82, 2.24) is 5.32 Å². The maximum atomic E-state index is 12.8. The molecule has 0 bridgehead atoms. The molecule has 0 saturated heterocycles. The molecule has 1 aromatic rings. The molecule has 0 heterocycles. The molecule has 0 aliphatic heterocycles. The highest BCUT2D eigenvalue weighted by Gasteiger charge is 2.01. The molecule has 0 fully saturated rings. The fourth-order valence-corrected chi connectivity index (χ4v) is 1.38. The van der Waals surface area contributed by atoms with Gasteiger partial charge in [-0.15, -0.1) is 0 Å². The van der Waals surface area contributed by atoms with E-state index in [1.807, 2.05) is 0 Å². The van der Waals surface area contributed by atoms with Gasteiger partial charge in [0.1, 0.15) is 0 Å². The van der Waals surface area contributed by atoms with Crippen LogP contribution in [0.4, 0.5) is 8.78 Å². The summed E-state index contributed by atoms with van der Waals surface area (Å²) in [4.78, 5) is 0. The van der Waals surface area contributed by atoms with Crippen molar-refractivity contribution in [3.63, 3.8) is 0 Å². The van der Waals surface area contributed by atoms with Gasteiger partial charge >= 0.3 is 0 Å². The van der Waals surface area contributed by atoms with E-state index in [4.69, 9.17) is 4.74 Å². The number of hydrogen-bond donors (Lipinski definition) is 1. The first-order valence-electron chi connectivity index (χ1n) is 5.37. The lowest BCUT2D eigenvalue weighted by Crippen LogP contribution is -2.15. The second-order valence-electron chi connectivity index (χ2n) is 3.63. The average Bonchev–Trinajstić information content (AvgIpc) is 2.28. The molecule has 0 spiro atoms. The summed E-state index contributed by atoms with van der Waals surface area (Å²) < 4.78 is 30.4. The van der Waals surface area contributed by atoms with Crippen LogP contribution in [0.15, 0.2) is 18.2 Å². The predicted molar refractivity (Wildman–Crippen MR) is 59.2 cm³/mol. The molecule has 0 amide bonds. The fourth-order valence-electron chi connectivity index (χ4n) is 1.38. The van der Waals surface area contributed by atoms with Crippen LogP contribution in [0.3, 0.4) is 0 Å². The summed E-state index contributed by atoms with van der Waals surface area (Å²) in [7, 11) is 1.68. The number of methoxy groups -OCH3 is 1. The molecular weight excluding hydrogens is 212 g/mol. The number of benzene rings is 1. The summed E-state index contributed by atoms with van der Waals surface area (Å²) in [6.07, 6.45) is 2.01. The summed E-state index contributed by atoms with van der Waals surface area (Å²) in [6, 6.07) is 3.95. The molecule has 0 aromatic heterocycles. The normalized spacial score (nSPS) is 10.7. The molecule has 4 heteroatoms. The fraction of sp³-hybridized carbons (Fsp3) is 0.500. The number of halogens is 2. The molecule has 1 aromatic carbocycles. The Morgan fingerprint density at radius 3 is 2.69 bits per heavy atom. The quantitative estimate of drug-likeness (QED) is 0.725. The molecule has 0 aliphatic rings. The molecule has 2 nitrogen and oxygen atoms in total. The number of hydrogen-bond acceptors (Lipinski definition) is 2. The Morgan fingerprint density at radius 2 is 2.00 bits per heavy atom. The zero-order chi connectivity index (χ0) is 11.8. The van der Waals surface area contributed by atoms with Crippen molar-refractivity contribution in [3.8, 4) is 0 Å². The third-order valence-corrected chi connectivity index (χ3v) is 2.27. The Bertz CT molecular complexity index is 318. The highest BCUT2D eigenvalue weighted by atomic mass is 19.2. The molecule has 0 unspecified atom stereocenters. The molecule has 0 aliphatic carbocycles. The van der Waals surface area contributed by atoms with E-state index < -0.39 is 11.6 Å². The maximum absolute atomic E-state index is 12.8. The van der Waals surface area contributed by atoms with Crippen molar-refractivity contribution in [2.45, 2.75) is 19.4 Å². The van der Waals surface area contributed by atoms with Crippen LogP contribution in [0, 0.1) is 11.6 Å². The summed E-state index contributed by atoms with van der Waals surface area (Å²) in [5, 5.41) is 3.16. The standard InChI is InChI=1S/C12H17F2NO/c1-16-7-3-2-6-15-9-10-4-5-11(13)12(14)8-10/h4-5,8,15H,2-3,6-7,9H2,1H3. The van der Waals surface area contributed by atoms with Crippen LogP contribution in [-0.4, -0.2) is 20.3 Å². The second-order valence-corrected chi connectivity index (χ2v) is 3.63. The minimum absolute atomic E-state index is 0.560. The van der Waals surface area contributed by atoms with Gasteiger partial charge in [0.25, 0.3) is 0 Å². The summed E-state index contributed by atoms with van der Waals surface area (Å²) in [6.45, 7) is 2.17. The summed E-state index contributed by atoms with van der Waals surface area (Å²) in [5.41, 5.74) is 0.755. The highest BCUT2D eigenvalue weighted by molar-refractivity contribution is 5.17. The van der Waals surface area contributed by atoms with Crippen molar-refractivity contribution >= 4 is 0 Å². The second kappa shape index (κ2) is 7.30. The number of unbranched alkanes of at least 4 members (excludes halogenated alkanes) is 1. The number of ether oxygens (including phenoxy) is 1. The molecule has 0 saturated carbocycles. The van der Waals surface area contributed by atoms with Gasteiger partial charge in [-0.25, -0.2) is 8.78 Å². The molecule has 1 N–H and O–H groups in total. The van der Waals surface area contributed by atoms with Crippen molar-refractivity contribution in [2.24, 2.45) is 0 Å². The monoisotopic (exact) mass is 229 g/mol. The van der Waals surface area contributed by atoms with Gasteiger partial charge in [-0.2, -0.15) is 0 Å². The van der Waals surface area contributed by atoms with Crippen molar-refractivity contribution in [1.29, 1.82) is 0 Å². The first-order chi connectivity index (χ1) is 7.74. The van der Waals surface area contributed by atoms with E-state index in [1.165, 1.54) is 6.07 Å². The van der Waals surface area contributed by atoms with E-state index in [0.717, 1.165) is 37.6 Å². The van der Waals surface area contributed by atoms with Crippen LogP contribution < -0.4 is 5.32 Å². The van der Waals surface area contributed by atoms with Crippen molar-refractivity contribution in [2.75, 3.05) is 20.3 Å². The van der Waals surface area contributed by atoms with Crippen molar-refractivity contribution in [3.05, 3.63) is 35.4 Å². The van der Waals surface area contributed by atoms with Gasteiger partial charge in [0.15, 0.2) is 11.6 Å². The third-order valence-electron chi connectivity index (χ3n) is 2.27. The Balaban J connectivity index is 2.19. The Hall–Kier alpha value is -1.00. The zero-order valence-electron chi connectivity index (χ0n) is 9.43. The lowest BCUT2D eigenvalue weighted by molar-refractivity contribution is 0.192. The van der Waals surface area contributed by atoms with Gasteiger partial charge in [-0.1, -0.05) is 6.07 Å². The Kier molecular flexibility index (Phi) is 5.96. The van der Waals surface area contributed by atoms with Crippen LogP contribution in [0.25, 0.3) is 0 Å². The minimum Gasteiger partial charge on any atom is -0.385 e. The van der Waals surface area contributed by atoms with Gasteiger partial charge in [0, 0.05) is 20.3 Å². The highest BCUT2D eigenvalue weighted by Crippen LogP contribution is 2.08. The van der Waals surface area contributed by atoms with Gasteiger partial charge in [-0.3, -0.25) is 0 Å². The molecule has 0 atom stereocenters. The number of nitrogens with one attached hydrogen (secondary N) is 1. The molecule has 16 heavy (non-hydrogen) atoms. The minimum atomic E-state index is -0.802.